The van der Waals surface area contributed by atoms with Crippen molar-refractivity contribution in [2.75, 3.05) is 14.2 Å². The topological polar surface area (TPSA) is 61.5 Å². The Labute approximate surface area is 94.7 Å². The molecule has 2 N–H and O–H groups in total. The Morgan fingerprint density at radius 2 is 1.94 bits per heavy atom. The average molecular weight is 221 g/mol. The molecule has 4 heteroatoms. The zero-order valence-electron chi connectivity index (χ0n) is 9.34. The second-order valence-electron chi connectivity index (χ2n) is 3.18. The van der Waals surface area contributed by atoms with E-state index >= 15 is 0 Å². The van der Waals surface area contributed by atoms with E-state index in [4.69, 9.17) is 10.5 Å². The highest BCUT2D eigenvalue weighted by molar-refractivity contribution is 5.79. The monoisotopic (exact) mass is 221 g/mol. The molecule has 0 aliphatic rings. The summed E-state index contributed by atoms with van der Waals surface area (Å²) in [5.74, 6) is 0.333. The van der Waals surface area contributed by atoms with Crippen LogP contribution in [0.5, 0.6) is 5.75 Å². The van der Waals surface area contributed by atoms with Gasteiger partial charge in [-0.15, -0.1) is 0 Å². The molecule has 0 aliphatic carbocycles. The van der Waals surface area contributed by atoms with Gasteiger partial charge in [-0.05, 0) is 17.7 Å². The normalized spacial score (nSPS) is 12.4. The highest BCUT2D eigenvalue weighted by Gasteiger charge is 2.08. The first-order chi connectivity index (χ1) is 7.67. The minimum absolute atomic E-state index is 0.454. The van der Waals surface area contributed by atoms with Crippen molar-refractivity contribution < 1.29 is 14.3 Å². The van der Waals surface area contributed by atoms with E-state index in [1.165, 1.54) is 7.11 Å². The number of carbonyl (C=O) groups excluding carboxylic acids is 1. The van der Waals surface area contributed by atoms with Crippen molar-refractivity contribution in [3.63, 3.8) is 0 Å². The van der Waals surface area contributed by atoms with Gasteiger partial charge in [-0.25, -0.2) is 0 Å². The van der Waals surface area contributed by atoms with E-state index in [2.05, 4.69) is 4.74 Å². The van der Waals surface area contributed by atoms with E-state index < -0.39 is 12.0 Å². The van der Waals surface area contributed by atoms with Gasteiger partial charge in [0.1, 0.15) is 11.8 Å². The molecule has 1 aromatic rings. The molecule has 0 aromatic heterocycles. The predicted molar refractivity (Wildman–Crippen MR) is 62.0 cm³/mol. The third-order valence-corrected chi connectivity index (χ3v) is 2.09. The maximum atomic E-state index is 11.0. The molecule has 0 saturated carbocycles. The van der Waals surface area contributed by atoms with Gasteiger partial charge in [0.05, 0.1) is 14.2 Å². The molecule has 0 spiro atoms. The summed E-state index contributed by atoms with van der Waals surface area (Å²) < 4.78 is 9.53. The molecular formula is C12H15NO3. The molecule has 1 atom stereocenters. The fourth-order valence-corrected chi connectivity index (χ4v) is 1.14. The Bertz CT molecular complexity index is 370. The second-order valence-corrected chi connectivity index (χ2v) is 3.18. The molecule has 0 unspecified atom stereocenters. The lowest BCUT2D eigenvalue weighted by Gasteiger charge is -2.03. The molecule has 1 rings (SSSR count). The van der Waals surface area contributed by atoms with Gasteiger partial charge in [-0.2, -0.15) is 0 Å². The molecule has 0 aliphatic heterocycles. The molecule has 0 fully saturated rings. The van der Waals surface area contributed by atoms with Gasteiger partial charge >= 0.3 is 5.97 Å². The number of rotatable bonds is 4. The Kier molecular flexibility index (Phi) is 4.54. The fourth-order valence-electron chi connectivity index (χ4n) is 1.14. The average Bonchev–Trinajstić information content (AvgIpc) is 2.35. The SMILES string of the molecule is COC(=O)[C@@H](N)/C=C/c1ccc(OC)cc1. The standard InChI is InChI=1S/C12H15NO3/c1-15-10-6-3-9(4-7-10)5-8-11(13)12(14)16-2/h3-8,11H,13H2,1-2H3/b8-5+/t11-/m0/s1. The summed E-state index contributed by atoms with van der Waals surface area (Å²) in [6, 6.07) is 6.69. The highest BCUT2D eigenvalue weighted by atomic mass is 16.5. The number of methoxy groups -OCH3 is 2. The quantitative estimate of drug-likeness (QED) is 0.776. The van der Waals surface area contributed by atoms with Crippen LogP contribution in [-0.4, -0.2) is 26.2 Å². The van der Waals surface area contributed by atoms with Crippen LogP contribution in [0.3, 0.4) is 0 Å². The van der Waals surface area contributed by atoms with E-state index in [1.54, 1.807) is 19.3 Å². The lowest BCUT2D eigenvalue weighted by atomic mass is 10.1. The lowest BCUT2D eigenvalue weighted by Crippen LogP contribution is -2.28. The van der Waals surface area contributed by atoms with E-state index in [-0.39, 0.29) is 0 Å². The molecule has 0 bridgehead atoms. The third-order valence-electron chi connectivity index (χ3n) is 2.09. The van der Waals surface area contributed by atoms with Crippen LogP contribution in [0, 0.1) is 0 Å². The molecule has 0 radical (unpaired) electrons. The van der Waals surface area contributed by atoms with Crippen molar-refractivity contribution in [3.05, 3.63) is 35.9 Å². The molecule has 16 heavy (non-hydrogen) atoms. The number of ether oxygens (including phenoxy) is 2. The maximum absolute atomic E-state index is 11.0. The number of carbonyl (C=O) groups is 1. The van der Waals surface area contributed by atoms with Crippen molar-refractivity contribution in [2.45, 2.75) is 6.04 Å². The van der Waals surface area contributed by atoms with Crippen LogP contribution in [0.25, 0.3) is 6.08 Å². The van der Waals surface area contributed by atoms with E-state index in [0.717, 1.165) is 11.3 Å². The lowest BCUT2D eigenvalue weighted by molar-refractivity contribution is -0.140. The smallest absolute Gasteiger partial charge is 0.326 e. The summed E-state index contributed by atoms with van der Waals surface area (Å²) in [6.45, 7) is 0. The second kappa shape index (κ2) is 5.92. The summed E-state index contributed by atoms with van der Waals surface area (Å²) in [4.78, 5) is 11.0. The van der Waals surface area contributed by atoms with Gasteiger partial charge in [0.15, 0.2) is 0 Å². The van der Waals surface area contributed by atoms with Crippen molar-refractivity contribution >= 4 is 12.0 Å². The zero-order chi connectivity index (χ0) is 12.0. The summed E-state index contributed by atoms with van der Waals surface area (Å²) >= 11 is 0. The number of nitrogens with two attached hydrogens (primary N) is 1. The molecule has 4 nitrogen and oxygen atoms in total. The number of benzene rings is 1. The maximum Gasteiger partial charge on any atom is 0.326 e. The summed E-state index contributed by atoms with van der Waals surface area (Å²) in [5.41, 5.74) is 6.49. The first-order valence-electron chi connectivity index (χ1n) is 4.83. The highest BCUT2D eigenvalue weighted by Crippen LogP contribution is 2.12. The molecule has 0 amide bonds. The zero-order valence-corrected chi connectivity index (χ0v) is 9.34. The van der Waals surface area contributed by atoms with Crippen LogP contribution in [-0.2, 0) is 9.53 Å². The Balaban J connectivity index is 2.65. The van der Waals surface area contributed by atoms with Crippen LogP contribution in [0.2, 0.25) is 0 Å². The first kappa shape index (κ1) is 12.3. The summed E-state index contributed by atoms with van der Waals surface area (Å²) in [7, 11) is 2.92. The van der Waals surface area contributed by atoms with Crippen molar-refractivity contribution in [3.8, 4) is 5.75 Å². The van der Waals surface area contributed by atoms with Gasteiger partial charge in [0, 0.05) is 0 Å². The van der Waals surface area contributed by atoms with Crippen molar-refractivity contribution in [1.82, 2.24) is 0 Å². The van der Waals surface area contributed by atoms with Crippen LogP contribution in [0.4, 0.5) is 0 Å². The Hall–Kier alpha value is -1.81. The van der Waals surface area contributed by atoms with Crippen molar-refractivity contribution in [1.29, 1.82) is 0 Å². The van der Waals surface area contributed by atoms with Crippen LogP contribution in [0.1, 0.15) is 5.56 Å². The van der Waals surface area contributed by atoms with E-state index in [1.807, 2.05) is 24.3 Å². The van der Waals surface area contributed by atoms with E-state index in [0.29, 0.717) is 0 Å². The van der Waals surface area contributed by atoms with Crippen LogP contribution < -0.4 is 10.5 Å². The van der Waals surface area contributed by atoms with Gasteiger partial charge in [-0.3, -0.25) is 4.79 Å². The van der Waals surface area contributed by atoms with Gasteiger partial charge in [0.2, 0.25) is 0 Å². The summed E-state index contributed by atoms with van der Waals surface area (Å²) in [5, 5.41) is 0. The van der Waals surface area contributed by atoms with E-state index in [9.17, 15) is 4.79 Å². The fraction of sp³-hybridized carbons (Fsp3) is 0.250. The minimum Gasteiger partial charge on any atom is -0.497 e. The molecule has 86 valence electrons. The van der Waals surface area contributed by atoms with Crippen LogP contribution >= 0.6 is 0 Å². The van der Waals surface area contributed by atoms with Gasteiger partial charge < -0.3 is 15.2 Å². The number of esters is 1. The number of hydrogen-bond donors (Lipinski definition) is 1. The van der Waals surface area contributed by atoms with Crippen LogP contribution in [0.15, 0.2) is 30.3 Å². The molecule has 0 heterocycles. The van der Waals surface area contributed by atoms with Gasteiger partial charge in [0.25, 0.3) is 0 Å². The molecule has 1 aromatic carbocycles. The molecule has 0 saturated heterocycles. The largest absolute Gasteiger partial charge is 0.497 e. The van der Waals surface area contributed by atoms with Crippen molar-refractivity contribution in [2.24, 2.45) is 5.73 Å². The Morgan fingerprint density at radius 1 is 1.31 bits per heavy atom. The minimum atomic E-state index is -0.730. The molecular weight excluding hydrogens is 206 g/mol. The third kappa shape index (κ3) is 3.40. The Morgan fingerprint density at radius 3 is 2.44 bits per heavy atom. The van der Waals surface area contributed by atoms with Gasteiger partial charge in [-0.1, -0.05) is 24.3 Å². The number of hydrogen-bond acceptors (Lipinski definition) is 4. The summed E-state index contributed by atoms with van der Waals surface area (Å²) in [6.07, 6.45) is 3.36. The predicted octanol–water partition coefficient (Wildman–Crippen LogP) is 1.21. The first-order valence-corrected chi connectivity index (χ1v) is 4.83.